The summed E-state index contributed by atoms with van der Waals surface area (Å²) in [5.74, 6) is 1.27. The molecule has 0 radical (unpaired) electrons. The molecule has 4 heteroatoms. The van der Waals surface area contributed by atoms with Crippen LogP contribution in [0.2, 0.25) is 0 Å². The van der Waals surface area contributed by atoms with Crippen molar-refractivity contribution in [3.8, 4) is 0 Å². The molecule has 1 saturated heterocycles. The first kappa shape index (κ1) is 17.7. The van der Waals surface area contributed by atoms with E-state index >= 15 is 0 Å². The molecule has 1 aromatic heterocycles. The zero-order chi connectivity index (χ0) is 18.0. The number of benzene rings is 1. The summed E-state index contributed by atoms with van der Waals surface area (Å²) >= 11 is 0. The highest BCUT2D eigenvalue weighted by molar-refractivity contribution is 5.79. The van der Waals surface area contributed by atoms with E-state index < -0.39 is 0 Å². The predicted molar refractivity (Wildman–Crippen MR) is 100 cm³/mol. The van der Waals surface area contributed by atoms with Gasteiger partial charge in [0, 0.05) is 31.9 Å². The molecule has 2 aromatic rings. The maximum absolute atomic E-state index is 13.1. The van der Waals surface area contributed by atoms with Crippen LogP contribution in [0, 0.1) is 19.8 Å². The first-order valence-electron chi connectivity index (χ1n) is 9.39. The van der Waals surface area contributed by atoms with Crippen LogP contribution in [0.25, 0.3) is 0 Å². The zero-order valence-electron chi connectivity index (χ0n) is 15.8. The number of likely N-dealkylation sites (tertiary alicyclic amines) is 1. The summed E-state index contributed by atoms with van der Waals surface area (Å²) in [6.07, 6.45) is 6.84. The Morgan fingerprint density at radius 2 is 2.12 bits per heavy atom. The van der Waals surface area contributed by atoms with Crippen molar-refractivity contribution in [2.75, 3.05) is 6.54 Å². The molecule has 1 aromatic carbocycles. The first-order chi connectivity index (χ1) is 12.0. The van der Waals surface area contributed by atoms with Crippen molar-refractivity contribution in [2.24, 2.45) is 5.92 Å². The lowest BCUT2D eigenvalue weighted by atomic mass is 9.98. The second kappa shape index (κ2) is 7.42. The third-order valence-electron chi connectivity index (χ3n) is 5.46. The van der Waals surface area contributed by atoms with Gasteiger partial charge in [0.05, 0.1) is 12.0 Å². The Bertz CT molecular complexity index is 749. The summed E-state index contributed by atoms with van der Waals surface area (Å²) in [5.41, 5.74) is 3.88. The smallest absolute Gasteiger partial charge is 0.227 e. The second-order valence-electron chi connectivity index (χ2n) is 7.28. The third-order valence-corrected chi connectivity index (χ3v) is 5.46. The highest BCUT2D eigenvalue weighted by atomic mass is 16.2. The molecule has 2 heterocycles. The van der Waals surface area contributed by atoms with Crippen molar-refractivity contribution >= 4 is 5.91 Å². The van der Waals surface area contributed by atoms with Crippen molar-refractivity contribution in [3.05, 3.63) is 53.1 Å². The fourth-order valence-electron chi connectivity index (χ4n) is 3.83. The largest absolute Gasteiger partial charge is 0.335 e. The average Bonchev–Trinajstić information content (AvgIpc) is 3.25. The van der Waals surface area contributed by atoms with Crippen LogP contribution in [0.1, 0.15) is 55.2 Å². The molecular weight excluding hydrogens is 310 g/mol. The fraction of sp³-hybridized carbons (Fsp3) is 0.524. The first-order valence-corrected chi connectivity index (χ1v) is 9.39. The van der Waals surface area contributed by atoms with Gasteiger partial charge in [-0.3, -0.25) is 4.79 Å². The van der Waals surface area contributed by atoms with E-state index in [0.717, 1.165) is 31.6 Å². The van der Waals surface area contributed by atoms with E-state index in [4.69, 9.17) is 0 Å². The predicted octanol–water partition coefficient (Wildman–Crippen LogP) is 4.06. The molecule has 1 fully saturated rings. The number of hydrogen-bond acceptors (Lipinski definition) is 2. The molecule has 0 aliphatic carbocycles. The number of carbonyl (C=O) groups excluding carboxylic acids is 1. The van der Waals surface area contributed by atoms with Crippen molar-refractivity contribution < 1.29 is 4.79 Å². The van der Waals surface area contributed by atoms with Crippen LogP contribution in [0.5, 0.6) is 0 Å². The number of amides is 1. The van der Waals surface area contributed by atoms with E-state index in [2.05, 4.69) is 53.4 Å². The van der Waals surface area contributed by atoms with Gasteiger partial charge in [-0.2, -0.15) is 0 Å². The Kier molecular flexibility index (Phi) is 5.26. The molecule has 1 aliphatic rings. The van der Waals surface area contributed by atoms with Gasteiger partial charge in [-0.25, -0.2) is 4.98 Å². The van der Waals surface area contributed by atoms with E-state index in [1.165, 1.54) is 16.7 Å². The summed E-state index contributed by atoms with van der Waals surface area (Å²) in [7, 11) is 0. The molecule has 3 rings (SSSR count). The molecule has 1 amide bonds. The number of carbonyl (C=O) groups is 1. The third kappa shape index (κ3) is 3.63. The number of nitrogens with zero attached hydrogens (tertiary/aromatic N) is 3. The minimum Gasteiger partial charge on any atom is -0.335 e. The second-order valence-corrected chi connectivity index (χ2v) is 7.28. The van der Waals surface area contributed by atoms with Gasteiger partial charge in [-0.1, -0.05) is 32.0 Å². The number of hydrogen-bond donors (Lipinski definition) is 0. The molecule has 0 bridgehead atoms. The summed E-state index contributed by atoms with van der Waals surface area (Å²) in [6.45, 7) is 9.99. The zero-order valence-corrected chi connectivity index (χ0v) is 15.8. The molecule has 134 valence electrons. The highest BCUT2D eigenvalue weighted by Crippen LogP contribution is 2.34. The van der Waals surface area contributed by atoms with E-state index in [9.17, 15) is 4.79 Å². The fourth-order valence-corrected chi connectivity index (χ4v) is 3.83. The Balaban J connectivity index is 1.74. The average molecular weight is 339 g/mol. The molecule has 0 spiro atoms. The van der Waals surface area contributed by atoms with Crippen molar-refractivity contribution in [3.63, 3.8) is 0 Å². The Morgan fingerprint density at radius 3 is 2.84 bits per heavy atom. The lowest BCUT2D eigenvalue weighted by Crippen LogP contribution is -2.36. The number of aromatic nitrogens is 2. The molecule has 0 unspecified atom stereocenters. The number of imidazole rings is 1. The molecule has 25 heavy (non-hydrogen) atoms. The van der Waals surface area contributed by atoms with E-state index in [0.29, 0.717) is 6.54 Å². The lowest BCUT2D eigenvalue weighted by Gasteiger charge is -2.28. The maximum Gasteiger partial charge on any atom is 0.227 e. The van der Waals surface area contributed by atoms with Crippen LogP contribution in [0.15, 0.2) is 30.6 Å². The van der Waals surface area contributed by atoms with Crippen molar-refractivity contribution in [1.82, 2.24) is 14.5 Å². The highest BCUT2D eigenvalue weighted by Gasteiger charge is 2.32. The van der Waals surface area contributed by atoms with Crippen LogP contribution in [0.4, 0.5) is 0 Å². The van der Waals surface area contributed by atoms with Crippen LogP contribution in [0.3, 0.4) is 0 Å². The minimum absolute atomic E-state index is 0.0355. The van der Waals surface area contributed by atoms with Gasteiger partial charge in [0.2, 0.25) is 5.91 Å². The van der Waals surface area contributed by atoms with Crippen LogP contribution in [-0.2, 0) is 17.8 Å². The molecule has 4 nitrogen and oxygen atoms in total. The topological polar surface area (TPSA) is 38.1 Å². The van der Waals surface area contributed by atoms with Gasteiger partial charge in [0.15, 0.2) is 0 Å². The Labute approximate surface area is 150 Å². The number of rotatable bonds is 5. The van der Waals surface area contributed by atoms with Crippen LogP contribution >= 0.6 is 0 Å². The lowest BCUT2D eigenvalue weighted by molar-refractivity contribution is -0.136. The minimum atomic E-state index is -0.0355. The summed E-state index contributed by atoms with van der Waals surface area (Å²) < 4.78 is 2.11. The molecule has 1 aliphatic heterocycles. The van der Waals surface area contributed by atoms with Gasteiger partial charge in [-0.05, 0) is 43.4 Å². The van der Waals surface area contributed by atoms with Gasteiger partial charge < -0.3 is 9.47 Å². The molecule has 0 N–H and O–H groups in total. The van der Waals surface area contributed by atoms with Gasteiger partial charge in [-0.15, -0.1) is 0 Å². The van der Waals surface area contributed by atoms with E-state index in [1.807, 2.05) is 19.3 Å². The quantitative estimate of drug-likeness (QED) is 0.824. The van der Waals surface area contributed by atoms with Gasteiger partial charge in [0.25, 0.3) is 0 Å². The van der Waals surface area contributed by atoms with Crippen LogP contribution < -0.4 is 0 Å². The SMILES string of the molecule is CCc1nccn1C[C@@H](C)C(=O)N1CCC[C@H]1c1ccc(C)c(C)c1. The summed E-state index contributed by atoms with van der Waals surface area (Å²) in [4.78, 5) is 19.6. The normalized spacial score (nSPS) is 18.6. The molecule has 2 atom stereocenters. The Hall–Kier alpha value is -2.10. The monoisotopic (exact) mass is 339 g/mol. The standard InChI is InChI=1S/C21H29N3O/c1-5-20-22-10-12-23(20)14-17(4)21(25)24-11-6-7-19(24)18-9-8-15(2)16(3)13-18/h8-10,12-13,17,19H,5-7,11,14H2,1-4H3/t17-,19+/m1/s1. The maximum atomic E-state index is 13.1. The van der Waals surface area contributed by atoms with E-state index in [1.54, 1.807) is 0 Å². The van der Waals surface area contributed by atoms with Crippen molar-refractivity contribution in [2.45, 2.75) is 59.5 Å². The van der Waals surface area contributed by atoms with Crippen LogP contribution in [-0.4, -0.2) is 26.9 Å². The van der Waals surface area contributed by atoms with Crippen molar-refractivity contribution in [1.29, 1.82) is 0 Å². The Morgan fingerprint density at radius 1 is 1.32 bits per heavy atom. The van der Waals surface area contributed by atoms with Gasteiger partial charge in [0.1, 0.15) is 5.82 Å². The summed E-state index contributed by atoms with van der Waals surface area (Å²) in [6, 6.07) is 6.84. The van der Waals surface area contributed by atoms with Gasteiger partial charge >= 0.3 is 0 Å². The summed E-state index contributed by atoms with van der Waals surface area (Å²) in [5, 5.41) is 0. The molecular formula is C21H29N3O. The molecule has 0 saturated carbocycles. The van der Waals surface area contributed by atoms with E-state index in [-0.39, 0.29) is 17.9 Å². The number of aryl methyl sites for hydroxylation is 3.